The summed E-state index contributed by atoms with van der Waals surface area (Å²) in [4.78, 5) is 17.5. The predicted molar refractivity (Wildman–Crippen MR) is 55.5 cm³/mol. The van der Waals surface area contributed by atoms with Crippen LogP contribution >= 0.6 is 0 Å². The molecule has 0 bridgehead atoms. The molecular formula is C9H8N2O3S. The number of aromatic amines is 1. The zero-order chi connectivity index (χ0) is 11.1. The van der Waals surface area contributed by atoms with Crippen LogP contribution in [0.4, 0.5) is 0 Å². The molecular weight excluding hydrogens is 216 g/mol. The molecule has 0 amide bonds. The predicted octanol–water partition coefficient (Wildman–Crippen LogP) is 0.327. The first kappa shape index (κ1) is 9.85. The summed E-state index contributed by atoms with van der Waals surface area (Å²) in [7, 11) is -3.26. The van der Waals surface area contributed by atoms with Gasteiger partial charge >= 0.3 is 0 Å². The van der Waals surface area contributed by atoms with Crippen molar-refractivity contribution in [1.29, 1.82) is 0 Å². The van der Waals surface area contributed by atoms with Gasteiger partial charge in [-0.15, -0.1) is 0 Å². The third kappa shape index (κ3) is 1.89. The summed E-state index contributed by atoms with van der Waals surface area (Å²) >= 11 is 0. The van der Waals surface area contributed by atoms with Gasteiger partial charge in [-0.3, -0.25) is 4.79 Å². The first-order valence-electron chi connectivity index (χ1n) is 4.16. The van der Waals surface area contributed by atoms with Crippen molar-refractivity contribution in [3.8, 4) is 0 Å². The first-order chi connectivity index (χ1) is 6.97. The molecule has 78 valence electrons. The molecule has 0 saturated carbocycles. The minimum atomic E-state index is -3.26. The van der Waals surface area contributed by atoms with Gasteiger partial charge in [0.15, 0.2) is 9.84 Å². The fourth-order valence-corrected chi connectivity index (χ4v) is 1.80. The van der Waals surface area contributed by atoms with E-state index in [9.17, 15) is 13.2 Å². The molecule has 0 aliphatic carbocycles. The fraction of sp³-hybridized carbons (Fsp3) is 0.111. The molecule has 2 aromatic heterocycles. The third-order valence-corrected chi connectivity index (χ3v) is 3.06. The topological polar surface area (TPSA) is 79.9 Å². The summed E-state index contributed by atoms with van der Waals surface area (Å²) in [6.07, 6.45) is 2.34. The van der Waals surface area contributed by atoms with Gasteiger partial charge in [-0.25, -0.2) is 13.4 Å². The van der Waals surface area contributed by atoms with E-state index in [0.717, 1.165) is 6.26 Å². The molecule has 0 atom stereocenters. The van der Waals surface area contributed by atoms with Crippen LogP contribution in [0.2, 0.25) is 0 Å². The minimum absolute atomic E-state index is 0.141. The van der Waals surface area contributed by atoms with E-state index < -0.39 is 9.84 Å². The van der Waals surface area contributed by atoms with E-state index in [1.807, 2.05) is 0 Å². The van der Waals surface area contributed by atoms with Gasteiger partial charge in [0.2, 0.25) is 5.56 Å². The van der Waals surface area contributed by atoms with Crippen LogP contribution in [0, 0.1) is 0 Å². The van der Waals surface area contributed by atoms with Crippen LogP contribution in [0.15, 0.2) is 34.1 Å². The quantitative estimate of drug-likeness (QED) is 0.756. The van der Waals surface area contributed by atoms with Gasteiger partial charge in [-0.2, -0.15) is 0 Å². The van der Waals surface area contributed by atoms with Crippen molar-refractivity contribution in [2.45, 2.75) is 4.90 Å². The molecule has 6 heteroatoms. The second kappa shape index (κ2) is 3.16. The van der Waals surface area contributed by atoms with E-state index in [2.05, 4.69) is 9.97 Å². The Morgan fingerprint density at radius 1 is 1.33 bits per heavy atom. The molecule has 15 heavy (non-hydrogen) atoms. The molecule has 0 spiro atoms. The number of pyridine rings is 2. The molecule has 0 saturated heterocycles. The lowest BCUT2D eigenvalue weighted by atomic mass is 10.3. The van der Waals surface area contributed by atoms with Crippen molar-refractivity contribution in [3.05, 3.63) is 34.7 Å². The summed E-state index contributed by atoms with van der Waals surface area (Å²) in [5, 5.41) is 0.595. The van der Waals surface area contributed by atoms with E-state index in [1.165, 1.54) is 24.4 Å². The van der Waals surface area contributed by atoms with Gasteiger partial charge in [0.05, 0.1) is 4.90 Å². The highest BCUT2D eigenvalue weighted by molar-refractivity contribution is 7.90. The SMILES string of the molecule is CS(=O)(=O)c1cnc2[nH]c(=O)ccc2c1. The maximum absolute atomic E-state index is 11.2. The first-order valence-corrected chi connectivity index (χ1v) is 6.05. The van der Waals surface area contributed by atoms with Crippen LogP contribution in [-0.2, 0) is 9.84 Å². The summed E-state index contributed by atoms with van der Waals surface area (Å²) < 4.78 is 22.5. The van der Waals surface area contributed by atoms with Crippen molar-refractivity contribution in [3.63, 3.8) is 0 Å². The van der Waals surface area contributed by atoms with E-state index in [1.54, 1.807) is 0 Å². The van der Waals surface area contributed by atoms with Gasteiger partial charge in [-0.05, 0) is 12.1 Å². The average Bonchev–Trinajstić information content (AvgIpc) is 2.15. The molecule has 2 rings (SSSR count). The molecule has 0 radical (unpaired) electrons. The van der Waals surface area contributed by atoms with Crippen molar-refractivity contribution < 1.29 is 8.42 Å². The smallest absolute Gasteiger partial charge is 0.249 e. The van der Waals surface area contributed by atoms with Crippen LogP contribution in [-0.4, -0.2) is 24.6 Å². The van der Waals surface area contributed by atoms with E-state index in [-0.39, 0.29) is 10.5 Å². The van der Waals surface area contributed by atoms with Crippen LogP contribution in [0.25, 0.3) is 11.0 Å². The number of H-pyrrole nitrogens is 1. The average molecular weight is 224 g/mol. The second-order valence-electron chi connectivity index (χ2n) is 3.20. The van der Waals surface area contributed by atoms with Gasteiger partial charge in [0.25, 0.3) is 0 Å². The Bertz CT molecular complexity index is 673. The fourth-order valence-electron chi connectivity index (χ4n) is 1.22. The summed E-state index contributed by atoms with van der Waals surface area (Å²) in [6.45, 7) is 0. The van der Waals surface area contributed by atoms with Gasteiger partial charge in [-0.1, -0.05) is 0 Å². The second-order valence-corrected chi connectivity index (χ2v) is 5.22. The van der Waals surface area contributed by atoms with Crippen molar-refractivity contribution in [2.75, 3.05) is 6.26 Å². The Morgan fingerprint density at radius 2 is 2.07 bits per heavy atom. The highest BCUT2D eigenvalue weighted by Gasteiger charge is 2.08. The monoisotopic (exact) mass is 224 g/mol. The number of hydrogen-bond donors (Lipinski definition) is 1. The Morgan fingerprint density at radius 3 is 2.73 bits per heavy atom. The highest BCUT2D eigenvalue weighted by atomic mass is 32.2. The Kier molecular flexibility index (Phi) is 2.08. The number of hydrogen-bond acceptors (Lipinski definition) is 4. The third-order valence-electron chi connectivity index (χ3n) is 1.98. The maximum atomic E-state index is 11.2. The van der Waals surface area contributed by atoms with E-state index in [4.69, 9.17) is 0 Å². The summed E-state index contributed by atoms with van der Waals surface area (Å²) in [6, 6.07) is 4.35. The molecule has 2 heterocycles. The molecule has 0 unspecified atom stereocenters. The van der Waals surface area contributed by atoms with Crippen LogP contribution in [0.3, 0.4) is 0 Å². The lowest BCUT2D eigenvalue weighted by Crippen LogP contribution is -2.05. The number of nitrogens with zero attached hydrogens (tertiary/aromatic N) is 1. The lowest BCUT2D eigenvalue weighted by Gasteiger charge is -1.99. The number of rotatable bonds is 1. The Balaban J connectivity index is 2.78. The van der Waals surface area contributed by atoms with Crippen LogP contribution < -0.4 is 5.56 Å². The molecule has 0 aliphatic rings. The highest BCUT2D eigenvalue weighted by Crippen LogP contribution is 2.13. The van der Waals surface area contributed by atoms with Crippen molar-refractivity contribution in [1.82, 2.24) is 9.97 Å². The minimum Gasteiger partial charge on any atom is -0.307 e. The van der Waals surface area contributed by atoms with Crippen LogP contribution in [0.5, 0.6) is 0 Å². The largest absolute Gasteiger partial charge is 0.307 e. The van der Waals surface area contributed by atoms with Gasteiger partial charge < -0.3 is 4.98 Å². The molecule has 5 nitrogen and oxygen atoms in total. The van der Waals surface area contributed by atoms with Crippen LogP contribution in [0.1, 0.15) is 0 Å². The molecule has 1 N–H and O–H groups in total. The zero-order valence-electron chi connectivity index (χ0n) is 7.89. The van der Waals surface area contributed by atoms with Gasteiger partial charge in [0, 0.05) is 23.9 Å². The zero-order valence-corrected chi connectivity index (χ0v) is 8.71. The van der Waals surface area contributed by atoms with E-state index >= 15 is 0 Å². The van der Waals surface area contributed by atoms with Crippen molar-refractivity contribution >= 4 is 20.9 Å². The molecule has 0 aromatic carbocycles. The summed E-state index contributed by atoms with van der Waals surface area (Å²) in [5.74, 6) is 0. The summed E-state index contributed by atoms with van der Waals surface area (Å²) in [5.41, 5.74) is 0.122. The number of sulfone groups is 1. The number of nitrogens with one attached hydrogen (secondary N) is 1. The van der Waals surface area contributed by atoms with E-state index in [0.29, 0.717) is 11.0 Å². The molecule has 2 aromatic rings. The number of fused-ring (bicyclic) bond motifs is 1. The maximum Gasteiger partial charge on any atom is 0.249 e. The molecule has 0 fully saturated rings. The number of aromatic nitrogens is 2. The Hall–Kier alpha value is -1.69. The molecule has 0 aliphatic heterocycles. The van der Waals surface area contributed by atoms with Gasteiger partial charge in [0.1, 0.15) is 5.65 Å². The van der Waals surface area contributed by atoms with Crippen molar-refractivity contribution in [2.24, 2.45) is 0 Å². The lowest BCUT2D eigenvalue weighted by molar-refractivity contribution is 0.601. The standard InChI is InChI=1S/C9H8N2O3S/c1-15(13,14)7-4-6-2-3-8(12)11-9(6)10-5-7/h2-5H,1H3,(H,10,11,12). The normalized spacial score (nSPS) is 11.8. The Labute approximate surface area is 85.7 Å².